The van der Waals surface area contributed by atoms with Gasteiger partial charge in [0, 0.05) is 57.6 Å². The molecule has 0 aliphatic carbocycles. The quantitative estimate of drug-likeness (QED) is 0.390. The number of pyridine rings is 1. The first-order valence-corrected chi connectivity index (χ1v) is 15.8. The Bertz CT molecular complexity index is 1640. The fourth-order valence-corrected chi connectivity index (χ4v) is 5.93. The number of aryl methyl sites for hydroxylation is 2. The molecule has 47 heavy (non-hydrogen) atoms. The molecule has 1 fully saturated rings. The van der Waals surface area contributed by atoms with E-state index in [4.69, 9.17) is 18.9 Å². The highest BCUT2D eigenvalue weighted by Crippen LogP contribution is 2.33. The van der Waals surface area contributed by atoms with Crippen LogP contribution in [-0.2, 0) is 32.1 Å². The summed E-state index contributed by atoms with van der Waals surface area (Å²) in [5.74, 6) is 0.839. The summed E-state index contributed by atoms with van der Waals surface area (Å²) in [6, 6.07) is 15.3. The van der Waals surface area contributed by atoms with E-state index in [2.05, 4.69) is 10.3 Å². The van der Waals surface area contributed by atoms with E-state index >= 15 is 0 Å². The van der Waals surface area contributed by atoms with Gasteiger partial charge in [-0.25, -0.2) is 0 Å². The number of hydrogen-bond donors (Lipinski definition) is 2. The average molecular weight is 647 g/mol. The number of nitrogens with one attached hydrogen (secondary N) is 2. The molecule has 3 aliphatic rings. The number of fused-ring (bicyclic) bond motifs is 9. The van der Waals surface area contributed by atoms with Crippen LogP contribution in [0.2, 0.25) is 0 Å². The second-order valence-corrected chi connectivity index (χ2v) is 11.9. The highest BCUT2D eigenvalue weighted by atomic mass is 16.5. The number of aromatic nitrogens is 1. The second-order valence-electron chi connectivity index (χ2n) is 11.9. The first-order chi connectivity index (χ1) is 22.7. The molecular formula is C35H42N4O8. The molecule has 3 aromatic rings. The number of hydrogen-bond acceptors (Lipinski definition) is 8. The molecule has 2 atom stereocenters. The lowest BCUT2D eigenvalue weighted by atomic mass is 10.0. The Labute approximate surface area is 273 Å². The summed E-state index contributed by atoms with van der Waals surface area (Å²) >= 11 is 0. The van der Waals surface area contributed by atoms with Crippen LogP contribution in [0.5, 0.6) is 17.2 Å². The van der Waals surface area contributed by atoms with Crippen molar-refractivity contribution in [3.05, 3.63) is 87.3 Å². The Morgan fingerprint density at radius 1 is 1.02 bits per heavy atom. The number of piperidine rings is 1. The fourth-order valence-electron chi connectivity index (χ4n) is 5.93. The molecule has 0 spiro atoms. The number of ether oxygens (including phenoxy) is 4. The van der Waals surface area contributed by atoms with Crippen molar-refractivity contribution in [3.8, 4) is 17.2 Å². The molecule has 3 aliphatic heterocycles. The maximum absolute atomic E-state index is 13.5. The molecule has 0 radical (unpaired) electrons. The molecule has 3 amide bonds. The van der Waals surface area contributed by atoms with Gasteiger partial charge in [-0.15, -0.1) is 0 Å². The van der Waals surface area contributed by atoms with Crippen molar-refractivity contribution in [1.29, 1.82) is 0 Å². The van der Waals surface area contributed by atoms with Crippen molar-refractivity contribution in [2.45, 2.75) is 51.4 Å². The normalized spacial score (nSPS) is 19.1. The fraction of sp³-hybridized carbons (Fsp3) is 0.429. The number of carbonyl (C=O) groups is 3. The number of nitrogens with zero attached hydrogens (tertiary/aromatic N) is 2. The zero-order valence-corrected chi connectivity index (χ0v) is 27.1. The summed E-state index contributed by atoms with van der Waals surface area (Å²) in [6.45, 7) is 3.14. The van der Waals surface area contributed by atoms with Crippen LogP contribution < -0.4 is 20.2 Å². The van der Waals surface area contributed by atoms with Crippen LogP contribution in [0.3, 0.4) is 0 Å². The van der Waals surface area contributed by atoms with Crippen molar-refractivity contribution >= 4 is 17.7 Å². The molecule has 12 nitrogen and oxygen atoms in total. The molecule has 6 rings (SSSR count). The van der Waals surface area contributed by atoms with E-state index < -0.39 is 12.1 Å². The van der Waals surface area contributed by atoms with Crippen molar-refractivity contribution in [2.24, 2.45) is 0 Å². The molecule has 2 aromatic carbocycles. The molecule has 4 heterocycles. The minimum Gasteiger partial charge on any atom is -0.493 e. The number of likely N-dealkylation sites (tertiary alicyclic amines) is 1. The summed E-state index contributed by atoms with van der Waals surface area (Å²) in [5, 5.41) is 3.05. The first-order valence-electron chi connectivity index (χ1n) is 15.8. The van der Waals surface area contributed by atoms with Gasteiger partial charge in [-0.2, -0.15) is 0 Å². The van der Waals surface area contributed by atoms with Crippen molar-refractivity contribution in [2.75, 3.05) is 47.0 Å². The Kier molecular flexibility index (Phi) is 11.3. The molecule has 4 bridgehead atoms. The topological polar surface area (TPSA) is 140 Å². The molecule has 250 valence electrons. The van der Waals surface area contributed by atoms with E-state index in [0.29, 0.717) is 61.9 Å². The van der Waals surface area contributed by atoms with Gasteiger partial charge in [0.2, 0.25) is 11.8 Å². The maximum atomic E-state index is 13.5. The van der Waals surface area contributed by atoms with Crippen LogP contribution in [0, 0.1) is 6.92 Å². The highest BCUT2D eigenvalue weighted by Gasteiger charge is 2.34. The van der Waals surface area contributed by atoms with E-state index in [0.717, 1.165) is 11.1 Å². The molecular weight excluding hydrogens is 604 g/mol. The molecule has 1 aromatic heterocycles. The number of rotatable bonds is 6. The summed E-state index contributed by atoms with van der Waals surface area (Å²) < 4.78 is 23.4. The minimum atomic E-state index is -0.561. The van der Waals surface area contributed by atoms with Crippen LogP contribution in [0.25, 0.3) is 0 Å². The molecule has 2 N–H and O–H groups in total. The monoisotopic (exact) mass is 646 g/mol. The summed E-state index contributed by atoms with van der Waals surface area (Å²) in [4.78, 5) is 58.7. The lowest BCUT2D eigenvalue weighted by Gasteiger charge is -2.39. The molecule has 0 saturated carbocycles. The van der Waals surface area contributed by atoms with Gasteiger partial charge in [-0.1, -0.05) is 18.2 Å². The van der Waals surface area contributed by atoms with Gasteiger partial charge < -0.3 is 39.0 Å². The predicted molar refractivity (Wildman–Crippen MR) is 174 cm³/mol. The standard InChI is InChI=1S/C35H42N4O8/c1-23-16-26(40)19-28(36-23)35(43)39-14-12-30-29(20-39)37-33(41)21-38(13-5-15-44-2)34(42)11-9-24-8-10-31(32(18-24)45-3)47-27-7-4-6-25(17-27)22-46-30/h4,6-8,10,16-19,29-30H,5,9,11-15,20-22H2,1-3H3,(H,36,40)(H,37,41)/t29-,30+/m0/s1. The number of methoxy groups -OCH3 is 2. The minimum absolute atomic E-state index is 0.150. The third-order valence-corrected chi connectivity index (χ3v) is 8.30. The summed E-state index contributed by atoms with van der Waals surface area (Å²) in [7, 11) is 3.16. The molecule has 0 unspecified atom stereocenters. The van der Waals surface area contributed by atoms with Crippen LogP contribution in [0.4, 0.5) is 0 Å². The highest BCUT2D eigenvalue weighted by molar-refractivity contribution is 5.92. The number of carbonyl (C=O) groups excluding carboxylic acids is 3. The largest absolute Gasteiger partial charge is 0.493 e. The SMILES string of the molecule is COCCCN1CC(=O)N[C@H]2CN(C(=O)c3cc(=O)cc(C)[nH]3)CC[C@H]2OCc2cccc(c2)Oc2ccc(cc2OC)CCC1=O. The van der Waals surface area contributed by atoms with Gasteiger partial charge in [0.25, 0.3) is 5.91 Å². The number of H-pyrrole nitrogens is 1. The summed E-state index contributed by atoms with van der Waals surface area (Å²) in [5.41, 5.74) is 2.27. The van der Waals surface area contributed by atoms with Gasteiger partial charge in [-0.3, -0.25) is 19.2 Å². The number of amides is 3. The molecule has 12 heteroatoms. The van der Waals surface area contributed by atoms with Crippen molar-refractivity contribution < 1.29 is 33.3 Å². The van der Waals surface area contributed by atoms with E-state index in [9.17, 15) is 19.2 Å². The lowest BCUT2D eigenvalue weighted by molar-refractivity contribution is -0.137. The van der Waals surface area contributed by atoms with E-state index in [1.807, 2.05) is 42.5 Å². The van der Waals surface area contributed by atoms with E-state index in [1.54, 1.807) is 30.9 Å². The van der Waals surface area contributed by atoms with Gasteiger partial charge in [0.1, 0.15) is 11.4 Å². The second kappa shape index (κ2) is 15.7. The van der Waals surface area contributed by atoms with Crippen LogP contribution in [0.1, 0.15) is 46.6 Å². The smallest absolute Gasteiger partial charge is 0.270 e. The van der Waals surface area contributed by atoms with Crippen molar-refractivity contribution in [1.82, 2.24) is 20.1 Å². The van der Waals surface area contributed by atoms with Crippen LogP contribution in [0.15, 0.2) is 59.4 Å². The zero-order valence-electron chi connectivity index (χ0n) is 27.1. The third kappa shape index (κ3) is 8.99. The van der Waals surface area contributed by atoms with Crippen LogP contribution in [-0.4, -0.2) is 91.7 Å². The van der Waals surface area contributed by atoms with E-state index in [1.165, 1.54) is 12.1 Å². The first kappa shape index (κ1) is 33.7. The van der Waals surface area contributed by atoms with Gasteiger partial charge in [-0.05, 0) is 61.6 Å². The van der Waals surface area contributed by atoms with Gasteiger partial charge >= 0.3 is 0 Å². The maximum Gasteiger partial charge on any atom is 0.270 e. The Morgan fingerprint density at radius 2 is 1.87 bits per heavy atom. The number of benzene rings is 2. The van der Waals surface area contributed by atoms with E-state index in [-0.39, 0.29) is 55.0 Å². The summed E-state index contributed by atoms with van der Waals surface area (Å²) in [6.07, 6.45) is 1.24. The lowest BCUT2D eigenvalue weighted by Crippen LogP contribution is -2.58. The third-order valence-electron chi connectivity index (χ3n) is 8.30. The molecule has 1 saturated heterocycles. The number of aromatic amines is 1. The van der Waals surface area contributed by atoms with Gasteiger partial charge in [0.05, 0.1) is 32.4 Å². The Morgan fingerprint density at radius 3 is 2.66 bits per heavy atom. The van der Waals surface area contributed by atoms with Crippen LogP contribution >= 0.6 is 0 Å². The Balaban J connectivity index is 1.42. The Hall–Kier alpha value is -4.68. The zero-order chi connectivity index (χ0) is 33.3. The predicted octanol–water partition coefficient (Wildman–Crippen LogP) is 3.21. The van der Waals surface area contributed by atoms with Gasteiger partial charge in [0.15, 0.2) is 16.9 Å². The van der Waals surface area contributed by atoms with Crippen molar-refractivity contribution in [3.63, 3.8) is 0 Å². The average Bonchev–Trinajstić information content (AvgIpc) is 3.05.